The molecule has 0 radical (unpaired) electrons. The Hall–Kier alpha value is -1.55. The van der Waals surface area contributed by atoms with Crippen LogP contribution in [0.1, 0.15) is 35.9 Å². The second kappa shape index (κ2) is 3.79. The molecule has 84 valence electrons. The Morgan fingerprint density at radius 3 is 2.81 bits per heavy atom. The van der Waals surface area contributed by atoms with Crippen molar-refractivity contribution in [1.82, 2.24) is 9.38 Å². The first kappa shape index (κ1) is 11.0. The first-order valence-electron chi connectivity index (χ1n) is 4.92. The molecule has 4 nitrogen and oxygen atoms in total. The topological polar surface area (TPSA) is 54.6 Å². The molecule has 2 heterocycles. The fourth-order valence-corrected chi connectivity index (χ4v) is 1.98. The second-order valence-electron chi connectivity index (χ2n) is 3.86. The summed E-state index contributed by atoms with van der Waals surface area (Å²) in [4.78, 5) is 15.2. The lowest BCUT2D eigenvalue weighted by molar-refractivity contribution is 0.0698. The molecule has 5 heteroatoms. The maximum absolute atomic E-state index is 11.0. The highest BCUT2D eigenvalue weighted by Crippen LogP contribution is 2.25. The molecule has 0 atom stereocenters. The van der Waals surface area contributed by atoms with Crippen LogP contribution in [0.5, 0.6) is 0 Å². The molecule has 0 spiro atoms. The minimum absolute atomic E-state index is 0.173. The smallest absolute Gasteiger partial charge is 0.337 e. The Bertz CT molecular complexity index is 560. The summed E-state index contributed by atoms with van der Waals surface area (Å²) in [6.07, 6.45) is 1.77. The van der Waals surface area contributed by atoms with Crippen molar-refractivity contribution in [2.75, 3.05) is 0 Å². The number of aromatic nitrogens is 2. The molecule has 2 aromatic heterocycles. The van der Waals surface area contributed by atoms with Gasteiger partial charge in [-0.15, -0.1) is 0 Å². The lowest BCUT2D eigenvalue weighted by Gasteiger charge is -2.04. The van der Waals surface area contributed by atoms with Crippen LogP contribution in [-0.2, 0) is 0 Å². The number of carboxylic acid groups (broad SMARTS) is 1. The minimum Gasteiger partial charge on any atom is -0.478 e. The summed E-state index contributed by atoms with van der Waals surface area (Å²) in [6.45, 7) is 3.97. The molecule has 0 amide bonds. The number of hydrogen-bond acceptors (Lipinski definition) is 2. The predicted molar refractivity (Wildman–Crippen MR) is 61.3 cm³/mol. The van der Waals surface area contributed by atoms with Gasteiger partial charge in [0, 0.05) is 12.1 Å². The standard InChI is InChI=1S/C11H11ClN2O2/c1-6(2)10-13-9(12)8-7(11(15)16)4-3-5-14(8)10/h3-6H,1-2H3,(H,15,16). The predicted octanol–water partition coefficient (Wildman–Crippen LogP) is 2.81. The molecule has 2 rings (SSSR count). The van der Waals surface area contributed by atoms with E-state index in [4.69, 9.17) is 16.7 Å². The minimum atomic E-state index is -0.997. The van der Waals surface area contributed by atoms with Crippen LogP contribution in [0.15, 0.2) is 18.3 Å². The van der Waals surface area contributed by atoms with E-state index in [0.717, 1.165) is 5.82 Å². The molecule has 0 aromatic carbocycles. The Morgan fingerprint density at radius 2 is 2.25 bits per heavy atom. The van der Waals surface area contributed by atoms with Gasteiger partial charge >= 0.3 is 5.97 Å². The zero-order chi connectivity index (χ0) is 11.9. The van der Waals surface area contributed by atoms with E-state index in [1.54, 1.807) is 16.7 Å². The summed E-state index contributed by atoms with van der Waals surface area (Å²) in [6, 6.07) is 3.20. The van der Waals surface area contributed by atoms with Gasteiger partial charge in [0.2, 0.25) is 0 Å². The van der Waals surface area contributed by atoms with Gasteiger partial charge in [-0.25, -0.2) is 9.78 Å². The molecule has 0 bridgehead atoms. The van der Waals surface area contributed by atoms with E-state index in [0.29, 0.717) is 5.52 Å². The van der Waals surface area contributed by atoms with Crippen molar-refractivity contribution in [1.29, 1.82) is 0 Å². The molecule has 0 aliphatic heterocycles. The maximum Gasteiger partial charge on any atom is 0.337 e. The molecule has 1 N–H and O–H groups in total. The van der Waals surface area contributed by atoms with Gasteiger partial charge in [-0.1, -0.05) is 25.4 Å². The third-order valence-corrected chi connectivity index (χ3v) is 2.66. The lowest BCUT2D eigenvalue weighted by atomic mass is 10.2. The summed E-state index contributed by atoms with van der Waals surface area (Å²) in [5.74, 6) is -0.0464. The number of carbonyl (C=O) groups is 1. The van der Waals surface area contributed by atoms with Crippen molar-refractivity contribution < 1.29 is 9.90 Å². The summed E-state index contributed by atoms with van der Waals surface area (Å²) in [5, 5.41) is 9.29. The number of fused-ring (bicyclic) bond motifs is 1. The lowest BCUT2D eigenvalue weighted by Crippen LogP contribution is -2.02. The average Bonchev–Trinajstić information content (AvgIpc) is 2.56. The van der Waals surface area contributed by atoms with Crippen molar-refractivity contribution in [2.45, 2.75) is 19.8 Å². The number of rotatable bonds is 2. The van der Waals surface area contributed by atoms with Gasteiger partial charge < -0.3 is 9.51 Å². The van der Waals surface area contributed by atoms with Crippen molar-refractivity contribution >= 4 is 23.1 Å². The SMILES string of the molecule is CC(C)c1nc(Cl)c2c(C(=O)O)cccn12. The average molecular weight is 239 g/mol. The molecule has 0 unspecified atom stereocenters. The van der Waals surface area contributed by atoms with Gasteiger partial charge in [0.25, 0.3) is 0 Å². The van der Waals surface area contributed by atoms with E-state index in [1.165, 1.54) is 6.07 Å². The first-order valence-corrected chi connectivity index (χ1v) is 5.30. The Balaban J connectivity index is 2.84. The Morgan fingerprint density at radius 1 is 1.56 bits per heavy atom. The molecule has 16 heavy (non-hydrogen) atoms. The van der Waals surface area contributed by atoms with E-state index in [1.807, 2.05) is 13.8 Å². The van der Waals surface area contributed by atoms with Crippen LogP contribution in [0.2, 0.25) is 5.15 Å². The van der Waals surface area contributed by atoms with Crippen LogP contribution in [0, 0.1) is 0 Å². The summed E-state index contributed by atoms with van der Waals surface area (Å²) < 4.78 is 1.73. The summed E-state index contributed by atoms with van der Waals surface area (Å²) in [5.41, 5.74) is 0.632. The monoisotopic (exact) mass is 238 g/mol. The quantitative estimate of drug-likeness (QED) is 0.875. The van der Waals surface area contributed by atoms with Gasteiger partial charge in [-0.2, -0.15) is 0 Å². The Labute approximate surface area is 97.5 Å². The van der Waals surface area contributed by atoms with Crippen LogP contribution >= 0.6 is 11.6 Å². The van der Waals surface area contributed by atoms with E-state index in [-0.39, 0.29) is 16.6 Å². The number of hydrogen-bond donors (Lipinski definition) is 1. The molecular weight excluding hydrogens is 228 g/mol. The number of aromatic carboxylic acids is 1. The number of carboxylic acids is 1. The molecule has 0 aliphatic carbocycles. The molecule has 2 aromatic rings. The van der Waals surface area contributed by atoms with Crippen LogP contribution in [0.25, 0.3) is 5.52 Å². The van der Waals surface area contributed by atoms with Gasteiger partial charge in [-0.05, 0) is 12.1 Å². The fraction of sp³-hybridized carbons (Fsp3) is 0.273. The van der Waals surface area contributed by atoms with Gasteiger partial charge in [0.05, 0.1) is 11.1 Å². The molecule has 0 saturated carbocycles. The maximum atomic E-state index is 11.0. The molecule has 0 fully saturated rings. The van der Waals surface area contributed by atoms with Crippen molar-refractivity contribution in [3.05, 3.63) is 34.9 Å². The Kier molecular flexibility index (Phi) is 2.59. The van der Waals surface area contributed by atoms with Gasteiger partial charge in [0.1, 0.15) is 5.82 Å². The number of halogens is 1. The third kappa shape index (κ3) is 1.55. The zero-order valence-electron chi connectivity index (χ0n) is 8.94. The number of imidazole rings is 1. The molecule has 0 aliphatic rings. The highest BCUT2D eigenvalue weighted by atomic mass is 35.5. The van der Waals surface area contributed by atoms with Crippen LogP contribution in [0.4, 0.5) is 0 Å². The summed E-state index contributed by atoms with van der Waals surface area (Å²) in [7, 11) is 0. The first-order chi connectivity index (χ1) is 7.52. The van der Waals surface area contributed by atoms with E-state index in [9.17, 15) is 4.79 Å². The van der Waals surface area contributed by atoms with Crippen LogP contribution in [0.3, 0.4) is 0 Å². The highest BCUT2D eigenvalue weighted by molar-refractivity contribution is 6.33. The third-order valence-electron chi connectivity index (χ3n) is 2.40. The molecule has 0 saturated heterocycles. The number of pyridine rings is 1. The van der Waals surface area contributed by atoms with E-state index in [2.05, 4.69) is 4.98 Å². The highest BCUT2D eigenvalue weighted by Gasteiger charge is 2.17. The fourth-order valence-electron chi connectivity index (χ4n) is 1.70. The van der Waals surface area contributed by atoms with Crippen LogP contribution < -0.4 is 0 Å². The number of nitrogens with zero attached hydrogens (tertiary/aromatic N) is 2. The van der Waals surface area contributed by atoms with Crippen molar-refractivity contribution in [2.24, 2.45) is 0 Å². The van der Waals surface area contributed by atoms with Crippen molar-refractivity contribution in [3.8, 4) is 0 Å². The largest absolute Gasteiger partial charge is 0.478 e. The van der Waals surface area contributed by atoms with Crippen molar-refractivity contribution in [3.63, 3.8) is 0 Å². The van der Waals surface area contributed by atoms with Gasteiger partial charge in [0.15, 0.2) is 5.15 Å². The molecular formula is C11H11ClN2O2. The zero-order valence-corrected chi connectivity index (χ0v) is 9.69. The van der Waals surface area contributed by atoms with Gasteiger partial charge in [-0.3, -0.25) is 0 Å². The van der Waals surface area contributed by atoms with Crippen LogP contribution in [-0.4, -0.2) is 20.5 Å². The second-order valence-corrected chi connectivity index (χ2v) is 4.22. The van der Waals surface area contributed by atoms with E-state index >= 15 is 0 Å². The summed E-state index contributed by atoms with van der Waals surface area (Å²) >= 11 is 5.98. The van der Waals surface area contributed by atoms with E-state index < -0.39 is 5.97 Å². The normalized spacial score (nSPS) is 11.2.